The van der Waals surface area contributed by atoms with Gasteiger partial charge in [0, 0.05) is 19.7 Å². The van der Waals surface area contributed by atoms with E-state index < -0.39 is 11.6 Å². The number of halogens is 2. The molecular weight excluding hydrogens is 398 g/mol. The number of aryl methyl sites for hydroxylation is 1. The molecular formula is C20H20F2N4O2S. The third-order valence-corrected chi connectivity index (χ3v) is 6.09. The maximum atomic E-state index is 13.3. The Kier molecular flexibility index (Phi) is 5.68. The van der Waals surface area contributed by atoms with Crippen molar-refractivity contribution in [3.63, 3.8) is 0 Å². The van der Waals surface area contributed by atoms with Gasteiger partial charge < -0.3 is 15.4 Å². The van der Waals surface area contributed by atoms with Crippen molar-refractivity contribution in [2.45, 2.75) is 32.4 Å². The van der Waals surface area contributed by atoms with E-state index in [1.54, 1.807) is 0 Å². The molecule has 1 amide bonds. The number of anilines is 1. The maximum absolute atomic E-state index is 13.3. The summed E-state index contributed by atoms with van der Waals surface area (Å²) < 4.78 is 32.0. The van der Waals surface area contributed by atoms with Crippen LogP contribution in [0, 0.1) is 18.6 Å². The lowest BCUT2D eigenvalue weighted by atomic mass is 10.1. The number of ether oxygens (including phenoxy) is 1. The zero-order valence-electron chi connectivity index (χ0n) is 15.8. The standard InChI is InChI=1S/C20H20F2N4O2S/c1-11-16-18(23-9-13-3-2-6-28-13)25-10-26-20(16)29-17(11)19(27)24-8-12-4-5-14(21)15(22)7-12/h4-5,7,10,13H,2-3,6,8-9H2,1H3,(H,24,27)(H,23,25,26). The van der Waals surface area contributed by atoms with Crippen LogP contribution in [0.4, 0.5) is 14.6 Å². The number of benzene rings is 1. The van der Waals surface area contributed by atoms with Crippen LogP contribution in [0.15, 0.2) is 24.5 Å². The van der Waals surface area contributed by atoms with Crippen molar-refractivity contribution in [1.82, 2.24) is 15.3 Å². The van der Waals surface area contributed by atoms with Crippen molar-refractivity contribution in [3.05, 3.63) is 52.2 Å². The van der Waals surface area contributed by atoms with Crippen molar-refractivity contribution < 1.29 is 18.3 Å². The minimum atomic E-state index is -0.938. The molecule has 1 aromatic carbocycles. The highest BCUT2D eigenvalue weighted by atomic mass is 32.1. The molecule has 6 nitrogen and oxygen atoms in total. The second-order valence-corrected chi connectivity index (χ2v) is 7.90. The summed E-state index contributed by atoms with van der Waals surface area (Å²) in [5.41, 5.74) is 1.26. The Balaban J connectivity index is 1.50. The number of nitrogens with zero attached hydrogens (tertiary/aromatic N) is 2. The fourth-order valence-electron chi connectivity index (χ4n) is 3.35. The highest BCUT2D eigenvalue weighted by Crippen LogP contribution is 2.33. The Bertz CT molecular complexity index is 1050. The molecule has 152 valence electrons. The van der Waals surface area contributed by atoms with Crippen LogP contribution >= 0.6 is 11.3 Å². The van der Waals surface area contributed by atoms with Crippen molar-refractivity contribution in [1.29, 1.82) is 0 Å². The number of fused-ring (bicyclic) bond motifs is 1. The van der Waals surface area contributed by atoms with E-state index >= 15 is 0 Å². The summed E-state index contributed by atoms with van der Waals surface area (Å²) in [7, 11) is 0. The third-order valence-electron chi connectivity index (χ3n) is 4.89. The molecule has 1 atom stereocenters. The second kappa shape index (κ2) is 8.38. The molecule has 0 aliphatic carbocycles. The number of hydrogen-bond donors (Lipinski definition) is 2. The highest BCUT2D eigenvalue weighted by molar-refractivity contribution is 7.20. The van der Waals surface area contributed by atoms with E-state index in [1.807, 2.05) is 6.92 Å². The number of carbonyl (C=O) groups is 1. The normalized spacial score (nSPS) is 16.3. The number of amides is 1. The minimum Gasteiger partial charge on any atom is -0.376 e. The summed E-state index contributed by atoms with van der Waals surface area (Å²) in [6.07, 6.45) is 3.71. The van der Waals surface area contributed by atoms with Gasteiger partial charge in [0.15, 0.2) is 11.6 Å². The Morgan fingerprint density at radius 3 is 2.93 bits per heavy atom. The van der Waals surface area contributed by atoms with Crippen molar-refractivity contribution >= 4 is 33.3 Å². The van der Waals surface area contributed by atoms with Crippen LogP contribution in [0.2, 0.25) is 0 Å². The maximum Gasteiger partial charge on any atom is 0.261 e. The highest BCUT2D eigenvalue weighted by Gasteiger charge is 2.21. The monoisotopic (exact) mass is 418 g/mol. The number of thiophene rings is 1. The molecule has 1 unspecified atom stereocenters. The minimum absolute atomic E-state index is 0.0967. The quantitative estimate of drug-likeness (QED) is 0.637. The first-order valence-corrected chi connectivity index (χ1v) is 10.2. The predicted molar refractivity (Wildman–Crippen MR) is 107 cm³/mol. The van der Waals surface area contributed by atoms with Gasteiger partial charge in [-0.2, -0.15) is 0 Å². The van der Waals surface area contributed by atoms with Crippen molar-refractivity contribution in [3.8, 4) is 0 Å². The van der Waals surface area contributed by atoms with Gasteiger partial charge in [0.1, 0.15) is 17.0 Å². The van der Waals surface area contributed by atoms with Gasteiger partial charge in [-0.1, -0.05) is 6.07 Å². The zero-order valence-corrected chi connectivity index (χ0v) is 16.6. The van der Waals surface area contributed by atoms with Gasteiger partial charge in [0.05, 0.1) is 16.4 Å². The van der Waals surface area contributed by atoms with Crippen molar-refractivity contribution in [2.75, 3.05) is 18.5 Å². The lowest BCUT2D eigenvalue weighted by Crippen LogP contribution is -2.22. The van der Waals surface area contributed by atoms with Crippen LogP contribution in [0.5, 0.6) is 0 Å². The summed E-state index contributed by atoms with van der Waals surface area (Å²) in [6, 6.07) is 3.56. The van der Waals surface area contributed by atoms with Crippen LogP contribution in [-0.2, 0) is 11.3 Å². The molecule has 29 heavy (non-hydrogen) atoms. The SMILES string of the molecule is Cc1c(C(=O)NCc2ccc(F)c(F)c2)sc2ncnc(NCC3CCCO3)c12. The molecule has 9 heteroatoms. The second-order valence-electron chi connectivity index (χ2n) is 6.91. The molecule has 4 rings (SSSR count). The summed E-state index contributed by atoms with van der Waals surface area (Å²) >= 11 is 1.28. The molecule has 2 N–H and O–H groups in total. The van der Waals surface area contributed by atoms with E-state index in [4.69, 9.17) is 4.74 Å². The first kappa shape index (κ1) is 19.7. The first-order valence-electron chi connectivity index (χ1n) is 9.34. The largest absolute Gasteiger partial charge is 0.376 e. The van der Waals surface area contributed by atoms with Gasteiger partial charge in [-0.25, -0.2) is 18.7 Å². The predicted octanol–water partition coefficient (Wildman–Crippen LogP) is 3.80. The fraction of sp³-hybridized carbons (Fsp3) is 0.350. The molecule has 1 aliphatic rings. The summed E-state index contributed by atoms with van der Waals surface area (Å²) in [5.74, 6) is -1.46. The molecule has 2 aromatic heterocycles. The molecule has 0 saturated carbocycles. The topological polar surface area (TPSA) is 76.1 Å². The van der Waals surface area contributed by atoms with Gasteiger partial charge in [-0.3, -0.25) is 4.79 Å². The average molecular weight is 418 g/mol. The Morgan fingerprint density at radius 2 is 2.17 bits per heavy atom. The molecule has 1 fully saturated rings. The number of hydrogen-bond acceptors (Lipinski definition) is 6. The van der Waals surface area contributed by atoms with Crippen LogP contribution in [-0.4, -0.2) is 35.1 Å². The lowest BCUT2D eigenvalue weighted by molar-refractivity contribution is 0.0954. The smallest absolute Gasteiger partial charge is 0.261 e. The van der Waals surface area contributed by atoms with Crippen molar-refractivity contribution in [2.24, 2.45) is 0 Å². The number of carbonyl (C=O) groups excluding carboxylic acids is 1. The van der Waals surface area contributed by atoms with Crippen LogP contribution in [0.25, 0.3) is 10.2 Å². The van der Waals surface area contributed by atoms with E-state index in [-0.39, 0.29) is 18.6 Å². The lowest BCUT2D eigenvalue weighted by Gasteiger charge is -2.12. The number of aromatic nitrogens is 2. The molecule has 0 radical (unpaired) electrons. The molecule has 0 spiro atoms. The van der Waals surface area contributed by atoms with Gasteiger partial charge in [-0.15, -0.1) is 11.3 Å². The summed E-state index contributed by atoms with van der Waals surface area (Å²) in [4.78, 5) is 22.5. The molecule has 3 aromatic rings. The van der Waals surface area contributed by atoms with Crippen LogP contribution in [0.3, 0.4) is 0 Å². The van der Waals surface area contributed by atoms with Gasteiger partial charge in [0.25, 0.3) is 5.91 Å². The van der Waals surface area contributed by atoms with E-state index in [2.05, 4.69) is 20.6 Å². The number of rotatable bonds is 6. The average Bonchev–Trinajstić information content (AvgIpc) is 3.35. The Hall–Kier alpha value is -2.65. The third kappa shape index (κ3) is 4.20. The first-order chi connectivity index (χ1) is 14.0. The molecule has 0 bridgehead atoms. The molecule has 1 aliphatic heterocycles. The van der Waals surface area contributed by atoms with E-state index in [9.17, 15) is 13.6 Å². The van der Waals surface area contributed by atoms with E-state index in [0.717, 1.165) is 42.5 Å². The van der Waals surface area contributed by atoms with Gasteiger partial charge >= 0.3 is 0 Å². The zero-order chi connectivity index (χ0) is 20.4. The van der Waals surface area contributed by atoms with Gasteiger partial charge in [-0.05, 0) is 43.0 Å². The molecule has 1 saturated heterocycles. The number of nitrogens with one attached hydrogen (secondary N) is 2. The van der Waals surface area contributed by atoms with Gasteiger partial charge in [0.2, 0.25) is 0 Å². The summed E-state index contributed by atoms with van der Waals surface area (Å²) in [6.45, 7) is 3.38. The van der Waals surface area contributed by atoms with Crippen LogP contribution in [0.1, 0.15) is 33.6 Å². The van der Waals surface area contributed by atoms with Crippen LogP contribution < -0.4 is 10.6 Å². The van der Waals surface area contributed by atoms with E-state index in [0.29, 0.717) is 27.6 Å². The Morgan fingerprint density at radius 1 is 1.31 bits per heavy atom. The Labute approximate surface area is 170 Å². The fourth-order valence-corrected chi connectivity index (χ4v) is 4.42. The summed E-state index contributed by atoms with van der Waals surface area (Å²) in [5, 5.41) is 6.88. The van der Waals surface area contributed by atoms with E-state index in [1.165, 1.54) is 23.7 Å². The molecule has 3 heterocycles.